The molecule has 0 saturated heterocycles. The number of nitrogens with zero attached hydrogens (tertiary/aromatic N) is 2. The molecule has 0 radical (unpaired) electrons. The monoisotopic (exact) mass is 388 g/mol. The molecule has 0 saturated carbocycles. The van der Waals surface area contributed by atoms with E-state index in [-0.39, 0.29) is 18.5 Å². The van der Waals surface area contributed by atoms with Crippen LogP contribution in [0.4, 0.5) is 3.16 Å². The van der Waals surface area contributed by atoms with Crippen molar-refractivity contribution in [3.63, 3.8) is 0 Å². The van der Waals surface area contributed by atoms with Gasteiger partial charge in [0, 0.05) is 0 Å². The van der Waals surface area contributed by atoms with Gasteiger partial charge >= 0.3 is 93.1 Å². The first-order valence-corrected chi connectivity index (χ1v) is 8.82. The fourth-order valence-corrected chi connectivity index (χ4v) is 4.56. The van der Waals surface area contributed by atoms with Crippen molar-refractivity contribution >= 4 is 0 Å². The van der Waals surface area contributed by atoms with Gasteiger partial charge in [0.1, 0.15) is 0 Å². The molecular formula is C11H25FN2W-. The molecule has 0 aromatic heterocycles. The summed E-state index contributed by atoms with van der Waals surface area (Å²) in [4.78, 5) is 0. The third kappa shape index (κ3) is 8.07. The third-order valence-electron chi connectivity index (χ3n) is 2.38. The molecule has 0 bridgehead atoms. The molecule has 0 aliphatic carbocycles. The van der Waals surface area contributed by atoms with Gasteiger partial charge in [-0.05, 0) is 0 Å². The van der Waals surface area contributed by atoms with Crippen LogP contribution in [0.3, 0.4) is 0 Å². The first kappa shape index (κ1) is 17.6. The molecule has 0 N–H and O–H groups in total. The van der Waals surface area contributed by atoms with Crippen LogP contribution in [0.1, 0.15) is 54.4 Å². The van der Waals surface area contributed by atoms with E-state index in [1.165, 1.54) is 0 Å². The van der Waals surface area contributed by atoms with Gasteiger partial charge < -0.3 is 7.43 Å². The van der Waals surface area contributed by atoms with Crippen LogP contribution < -0.4 is 0 Å². The number of halogens is 1. The Balaban J connectivity index is 0. The third-order valence-corrected chi connectivity index (χ3v) is 7.01. The van der Waals surface area contributed by atoms with Crippen LogP contribution in [0.25, 0.3) is 0 Å². The molecule has 0 rings (SSSR count). The molecule has 0 heterocycles. The van der Waals surface area contributed by atoms with Gasteiger partial charge in [-0.15, -0.1) is 0 Å². The summed E-state index contributed by atoms with van der Waals surface area (Å²) in [5.74, 6) is 0. The average Bonchev–Trinajstić information content (AvgIpc) is 2.02. The van der Waals surface area contributed by atoms with Gasteiger partial charge in [-0.2, -0.15) is 0 Å². The first-order valence-electron chi connectivity index (χ1n) is 5.09. The molecule has 0 aromatic rings. The van der Waals surface area contributed by atoms with Crippen molar-refractivity contribution in [3.8, 4) is 0 Å². The largest absolute Gasteiger partial charge is 0.358 e. The smallest absolute Gasteiger partial charge is 0.358 e. The Morgan fingerprint density at radius 2 is 1.20 bits per heavy atom. The van der Waals surface area contributed by atoms with Crippen LogP contribution in [0.2, 0.25) is 0 Å². The Morgan fingerprint density at radius 3 is 1.40 bits per heavy atom. The fourth-order valence-electron chi connectivity index (χ4n) is 0.557. The maximum absolute atomic E-state index is 13.6. The molecule has 2 nitrogen and oxygen atoms in total. The summed E-state index contributed by atoms with van der Waals surface area (Å²) in [6.07, 6.45) is 1.75. The number of hydrogen-bond acceptors (Lipinski definition) is 2. The molecule has 0 unspecified atom stereocenters. The molecule has 15 heavy (non-hydrogen) atoms. The fraction of sp³-hybridized carbons (Fsp3) is 0.909. The average molecular weight is 388 g/mol. The second-order valence-corrected chi connectivity index (χ2v) is 7.62. The number of rotatable bonds is 4. The van der Waals surface area contributed by atoms with E-state index >= 15 is 0 Å². The van der Waals surface area contributed by atoms with Gasteiger partial charge in [0.2, 0.25) is 0 Å². The van der Waals surface area contributed by atoms with Crippen LogP contribution in [-0.4, -0.2) is 11.1 Å². The van der Waals surface area contributed by atoms with Gasteiger partial charge in [0.25, 0.3) is 0 Å². The summed E-state index contributed by atoms with van der Waals surface area (Å²) in [6, 6.07) is 0. The minimum Gasteiger partial charge on any atom is -0.358 e. The van der Waals surface area contributed by atoms with Crippen LogP contribution in [-0.2, 0) is 17.5 Å². The molecule has 0 aromatic carbocycles. The van der Waals surface area contributed by atoms with E-state index in [2.05, 4.69) is 6.99 Å². The molecule has 0 fully saturated rings. The normalized spacial score (nSPS) is 13.9. The Labute approximate surface area is 101 Å². The maximum Gasteiger partial charge on any atom is -0.358 e. The molecule has 0 amide bonds. The molecule has 0 aliphatic rings. The van der Waals surface area contributed by atoms with Crippen molar-refractivity contribution in [2.24, 2.45) is 6.99 Å². The summed E-state index contributed by atoms with van der Waals surface area (Å²) < 4.78 is 22.1. The van der Waals surface area contributed by atoms with Crippen LogP contribution >= 0.6 is 0 Å². The minimum atomic E-state index is -3.28. The zero-order chi connectivity index (χ0) is 11.4. The number of hydrogen-bond donors (Lipinski definition) is 0. The van der Waals surface area contributed by atoms with Crippen LogP contribution in [0, 0.1) is 7.43 Å². The molecule has 93 valence electrons. The first-order chi connectivity index (χ1) is 6.22. The zero-order valence-electron chi connectivity index (χ0n) is 11.1. The van der Waals surface area contributed by atoms with E-state index in [1.54, 1.807) is 0 Å². The standard InChI is InChI=1S/2C5H11N.CH3.FH.W/c2*1-4-5(2,3)6;;;/h2*4H2,1-3H3;1H3;1H;/q;;-1;;+1/p-1. The van der Waals surface area contributed by atoms with Gasteiger partial charge in [-0.1, -0.05) is 0 Å². The Bertz CT molecular complexity index is 240. The van der Waals surface area contributed by atoms with E-state index in [1.807, 2.05) is 41.5 Å². The van der Waals surface area contributed by atoms with Crippen molar-refractivity contribution in [2.75, 3.05) is 0 Å². The van der Waals surface area contributed by atoms with Crippen molar-refractivity contribution in [3.05, 3.63) is 7.43 Å². The second-order valence-electron chi connectivity index (χ2n) is 4.73. The van der Waals surface area contributed by atoms with E-state index in [0.29, 0.717) is 0 Å². The molecular weight excluding hydrogens is 363 g/mol. The SMILES string of the molecule is CCC(C)(C)[N]=[W]([F])=[N]C(C)(C)CC.[CH3-]. The van der Waals surface area contributed by atoms with Gasteiger partial charge in [-0.3, -0.25) is 0 Å². The molecule has 4 heteroatoms. The summed E-state index contributed by atoms with van der Waals surface area (Å²) in [5.41, 5.74) is -0.453. The Hall–Kier alpha value is 0.218. The van der Waals surface area contributed by atoms with E-state index < -0.39 is 17.5 Å². The van der Waals surface area contributed by atoms with Crippen molar-refractivity contribution < 1.29 is 20.6 Å². The van der Waals surface area contributed by atoms with E-state index in [4.69, 9.17) is 0 Å². The molecule has 0 atom stereocenters. The van der Waals surface area contributed by atoms with E-state index in [9.17, 15) is 3.16 Å². The second kappa shape index (κ2) is 6.73. The van der Waals surface area contributed by atoms with Crippen molar-refractivity contribution in [1.82, 2.24) is 0 Å². The predicted molar refractivity (Wildman–Crippen MR) is 61.1 cm³/mol. The Kier molecular flexibility index (Phi) is 7.90. The Morgan fingerprint density at radius 1 is 0.933 bits per heavy atom. The van der Waals surface area contributed by atoms with Crippen LogP contribution in [0.5, 0.6) is 0 Å². The summed E-state index contributed by atoms with van der Waals surface area (Å²) in [6.45, 7) is 12.0. The molecule has 0 aliphatic heterocycles. The topological polar surface area (TPSA) is 24.7 Å². The predicted octanol–water partition coefficient (Wildman–Crippen LogP) is 4.68. The summed E-state index contributed by atoms with van der Waals surface area (Å²) >= 11 is -3.28. The van der Waals surface area contributed by atoms with Gasteiger partial charge in [0.15, 0.2) is 0 Å². The van der Waals surface area contributed by atoms with Gasteiger partial charge in [-0.25, -0.2) is 0 Å². The van der Waals surface area contributed by atoms with E-state index in [0.717, 1.165) is 12.8 Å². The van der Waals surface area contributed by atoms with Crippen molar-refractivity contribution in [1.29, 1.82) is 0 Å². The van der Waals surface area contributed by atoms with Crippen LogP contribution in [0.15, 0.2) is 6.99 Å². The minimum absolute atomic E-state index is 0. The van der Waals surface area contributed by atoms with Crippen molar-refractivity contribution in [2.45, 2.75) is 65.5 Å². The molecule has 0 spiro atoms. The zero-order valence-corrected chi connectivity index (χ0v) is 14.0. The summed E-state index contributed by atoms with van der Waals surface area (Å²) in [5, 5.41) is 0. The quantitative estimate of drug-likeness (QED) is 0.625. The maximum atomic E-state index is 13.6. The summed E-state index contributed by atoms with van der Waals surface area (Å²) in [7, 11) is 0. The van der Waals surface area contributed by atoms with Gasteiger partial charge in [0.05, 0.1) is 0 Å².